The zero-order valence-electron chi connectivity index (χ0n) is 11.7. The van der Waals surface area contributed by atoms with Gasteiger partial charge in [-0.1, -0.05) is 0 Å². The number of nitrogens with zero attached hydrogens (tertiary/aromatic N) is 1. The van der Waals surface area contributed by atoms with Gasteiger partial charge in [0, 0.05) is 0 Å². The number of hydrogen-bond donors (Lipinski definition) is 1. The van der Waals surface area contributed by atoms with Crippen LogP contribution < -0.4 is 5.48 Å². The molecule has 1 N–H and O–H groups in total. The van der Waals surface area contributed by atoms with Crippen molar-refractivity contribution in [2.45, 2.75) is 0 Å². The molecule has 0 spiro atoms. The van der Waals surface area contributed by atoms with E-state index in [0.717, 1.165) is 4.43 Å². The molecule has 1 aliphatic rings. The molecular formula is C13H17IN2O4S. The summed E-state index contributed by atoms with van der Waals surface area (Å²) in [6.45, 7) is 0.534. The average molecular weight is 424 g/mol. The van der Waals surface area contributed by atoms with E-state index in [1.54, 1.807) is 18.3 Å². The molecule has 1 aliphatic heterocycles. The van der Waals surface area contributed by atoms with Crippen LogP contribution in [0.25, 0.3) is 0 Å². The van der Waals surface area contributed by atoms with Gasteiger partial charge in [0.05, 0.1) is 0 Å². The molecule has 0 bridgehead atoms. The van der Waals surface area contributed by atoms with Gasteiger partial charge in [-0.25, -0.2) is 0 Å². The first-order valence-corrected chi connectivity index (χ1v) is 11.8. The Kier molecular flexibility index (Phi) is 5.22. The van der Waals surface area contributed by atoms with Crippen molar-refractivity contribution in [3.63, 3.8) is 0 Å². The van der Waals surface area contributed by atoms with E-state index in [-0.39, 0.29) is 5.91 Å². The molecule has 0 atom stereocenters. The van der Waals surface area contributed by atoms with Crippen LogP contribution in [-0.4, -0.2) is 43.0 Å². The Bertz CT molecular complexity index is 643. The van der Waals surface area contributed by atoms with Gasteiger partial charge in [0.1, 0.15) is 0 Å². The molecule has 116 valence electrons. The maximum absolute atomic E-state index is 11.6. The van der Waals surface area contributed by atoms with Crippen molar-refractivity contribution in [1.29, 1.82) is 0 Å². The summed E-state index contributed by atoms with van der Waals surface area (Å²) in [5, 5.41) is 0. The predicted octanol–water partition coefficient (Wildman–Crippen LogP) is 1.40. The molecular weight excluding hydrogens is 407 g/mol. The van der Waals surface area contributed by atoms with Gasteiger partial charge >= 0.3 is 132 Å². The molecule has 0 unspecified atom stereocenters. The minimum atomic E-state index is -3.15. The SMILES string of the molecule is CONC(=O)c1ccc(I2C=CN(S(C)(=O)=O)CC2)cc1. The maximum atomic E-state index is 11.6. The molecule has 1 amide bonds. The van der Waals surface area contributed by atoms with Gasteiger partial charge in [-0.15, -0.1) is 0 Å². The number of hydroxylamine groups is 1. The Balaban J connectivity index is 2.09. The Morgan fingerprint density at radius 2 is 2.00 bits per heavy atom. The summed E-state index contributed by atoms with van der Waals surface area (Å²) in [6, 6.07) is 7.40. The normalized spacial score (nSPS) is 16.9. The molecule has 1 heterocycles. The van der Waals surface area contributed by atoms with Crippen LogP contribution in [0.15, 0.2) is 34.5 Å². The molecule has 21 heavy (non-hydrogen) atoms. The van der Waals surface area contributed by atoms with E-state index < -0.39 is 29.8 Å². The fraction of sp³-hybridized carbons (Fsp3) is 0.308. The minimum absolute atomic E-state index is 0.282. The van der Waals surface area contributed by atoms with E-state index in [2.05, 4.69) is 10.3 Å². The van der Waals surface area contributed by atoms with Crippen LogP contribution in [0.1, 0.15) is 10.4 Å². The molecule has 0 saturated carbocycles. The summed E-state index contributed by atoms with van der Waals surface area (Å²) in [4.78, 5) is 16.2. The summed E-state index contributed by atoms with van der Waals surface area (Å²) in [7, 11) is -1.76. The number of alkyl halides is 1. The van der Waals surface area contributed by atoms with Gasteiger partial charge < -0.3 is 0 Å². The van der Waals surface area contributed by atoms with Gasteiger partial charge in [0.15, 0.2) is 0 Å². The van der Waals surface area contributed by atoms with Crippen LogP contribution >= 0.6 is 19.8 Å². The Labute approximate surface area is 131 Å². The van der Waals surface area contributed by atoms with Crippen molar-refractivity contribution in [3.8, 4) is 0 Å². The van der Waals surface area contributed by atoms with Crippen LogP contribution in [0.3, 0.4) is 0 Å². The van der Waals surface area contributed by atoms with Crippen LogP contribution in [-0.2, 0) is 14.9 Å². The molecule has 6 nitrogen and oxygen atoms in total. The van der Waals surface area contributed by atoms with Gasteiger partial charge in [-0.3, -0.25) is 0 Å². The monoisotopic (exact) mass is 424 g/mol. The molecule has 1 aromatic carbocycles. The first-order chi connectivity index (χ1) is 9.91. The fourth-order valence-corrected chi connectivity index (χ4v) is 7.56. The van der Waals surface area contributed by atoms with E-state index >= 15 is 0 Å². The number of carbonyl (C=O) groups excluding carboxylic acids is 1. The fourth-order valence-electron chi connectivity index (χ4n) is 1.82. The number of halogens is 1. The standard InChI is InChI=1S/C13H17IN2O4S/c1-20-15-13(17)11-3-5-12(6-4-11)14-7-9-16(10-8-14)21(2,18)19/h3-7,9H,8,10H2,1-2H3,(H,15,17). The second-order valence-electron chi connectivity index (χ2n) is 4.38. The van der Waals surface area contributed by atoms with E-state index in [9.17, 15) is 13.2 Å². The van der Waals surface area contributed by atoms with Crippen molar-refractivity contribution in [1.82, 2.24) is 9.79 Å². The number of benzene rings is 1. The van der Waals surface area contributed by atoms with E-state index in [1.165, 1.54) is 21.2 Å². The summed E-state index contributed by atoms with van der Waals surface area (Å²) in [5.41, 5.74) is 2.81. The van der Waals surface area contributed by atoms with Crippen LogP contribution in [0.2, 0.25) is 0 Å². The predicted molar refractivity (Wildman–Crippen MR) is 89.2 cm³/mol. The number of hydrogen-bond acceptors (Lipinski definition) is 4. The number of rotatable bonds is 4. The first kappa shape index (κ1) is 16.2. The van der Waals surface area contributed by atoms with Gasteiger partial charge in [0.25, 0.3) is 0 Å². The Morgan fingerprint density at radius 3 is 2.48 bits per heavy atom. The van der Waals surface area contributed by atoms with Gasteiger partial charge in [-0.2, -0.15) is 0 Å². The van der Waals surface area contributed by atoms with Crippen LogP contribution in [0, 0.1) is 3.57 Å². The number of nitrogens with one attached hydrogen (secondary N) is 1. The third-order valence-electron chi connectivity index (χ3n) is 2.89. The zero-order valence-corrected chi connectivity index (χ0v) is 14.7. The second-order valence-corrected chi connectivity index (χ2v) is 11.6. The molecule has 0 saturated heterocycles. The topological polar surface area (TPSA) is 75.7 Å². The Hall–Kier alpha value is -1.13. The second kappa shape index (κ2) is 6.75. The third kappa shape index (κ3) is 4.17. The van der Waals surface area contributed by atoms with Crippen molar-refractivity contribution >= 4 is 35.7 Å². The Morgan fingerprint density at radius 1 is 1.33 bits per heavy atom. The molecule has 0 fully saturated rings. The van der Waals surface area contributed by atoms with Crippen molar-refractivity contribution in [3.05, 3.63) is 43.7 Å². The summed E-state index contributed by atoms with van der Waals surface area (Å²) < 4.78 is 28.4. The van der Waals surface area contributed by atoms with Crippen LogP contribution in [0.4, 0.5) is 0 Å². The molecule has 0 aliphatic carbocycles. The van der Waals surface area contributed by atoms with E-state index in [4.69, 9.17) is 0 Å². The average Bonchev–Trinajstić information content (AvgIpc) is 2.47. The van der Waals surface area contributed by atoms with Crippen molar-refractivity contribution in [2.24, 2.45) is 0 Å². The number of sulfonamides is 1. The summed E-state index contributed by atoms with van der Waals surface area (Å²) in [5.74, 6) is -0.282. The molecule has 1 aromatic rings. The molecule has 2 rings (SSSR count). The van der Waals surface area contributed by atoms with E-state index in [1.807, 2.05) is 16.2 Å². The van der Waals surface area contributed by atoms with Crippen LogP contribution in [0.5, 0.6) is 0 Å². The molecule has 0 aromatic heterocycles. The van der Waals surface area contributed by atoms with Crippen molar-refractivity contribution < 1.29 is 18.0 Å². The summed E-state index contributed by atoms with van der Waals surface area (Å²) in [6.07, 6.45) is 2.89. The first-order valence-electron chi connectivity index (χ1n) is 6.14. The van der Waals surface area contributed by atoms with Gasteiger partial charge in [0.2, 0.25) is 0 Å². The number of carbonyl (C=O) groups is 1. The molecule has 8 heteroatoms. The quantitative estimate of drug-likeness (QED) is 0.451. The summed E-state index contributed by atoms with van der Waals surface area (Å²) >= 11 is -1.50. The van der Waals surface area contributed by atoms with Gasteiger partial charge in [-0.05, 0) is 0 Å². The van der Waals surface area contributed by atoms with E-state index in [0.29, 0.717) is 12.1 Å². The van der Waals surface area contributed by atoms with Crippen molar-refractivity contribution in [2.75, 3.05) is 24.3 Å². The molecule has 0 radical (unpaired) electrons. The number of amides is 1. The zero-order chi connectivity index (χ0) is 15.5. The third-order valence-corrected chi connectivity index (χ3v) is 9.20.